The van der Waals surface area contributed by atoms with Crippen LogP contribution < -0.4 is 10.1 Å². The molecule has 2 rings (SSSR count). The van der Waals surface area contributed by atoms with Crippen LogP contribution in [0.1, 0.15) is 25.6 Å². The van der Waals surface area contributed by atoms with Crippen molar-refractivity contribution >= 4 is 17.3 Å². The molecule has 20 heavy (non-hydrogen) atoms. The lowest BCUT2D eigenvalue weighted by Gasteiger charge is -2.09. The van der Waals surface area contributed by atoms with Crippen LogP contribution in [0.5, 0.6) is 5.75 Å². The van der Waals surface area contributed by atoms with E-state index in [1.54, 1.807) is 19.2 Å². The van der Waals surface area contributed by atoms with Crippen LogP contribution in [-0.2, 0) is 13.0 Å². The van der Waals surface area contributed by atoms with Crippen LogP contribution in [0.2, 0.25) is 5.02 Å². The van der Waals surface area contributed by atoms with Crippen molar-refractivity contribution in [2.75, 3.05) is 12.4 Å². The van der Waals surface area contributed by atoms with E-state index in [1.165, 1.54) is 0 Å². The Hall–Kier alpha value is -1.75. The number of rotatable bonds is 6. The van der Waals surface area contributed by atoms with Gasteiger partial charge in [-0.2, -0.15) is 4.98 Å². The number of aromatic nitrogens is 2. The highest BCUT2D eigenvalue weighted by atomic mass is 35.5. The maximum absolute atomic E-state index is 5.97. The molecule has 0 fully saturated rings. The van der Waals surface area contributed by atoms with Gasteiger partial charge < -0.3 is 14.6 Å². The highest BCUT2D eigenvalue weighted by Crippen LogP contribution is 2.27. The number of benzene rings is 1. The normalized spacial score (nSPS) is 10.8. The minimum Gasteiger partial charge on any atom is -0.495 e. The van der Waals surface area contributed by atoms with E-state index in [1.807, 2.05) is 6.07 Å². The first-order chi connectivity index (χ1) is 9.58. The van der Waals surface area contributed by atoms with E-state index >= 15 is 0 Å². The molecule has 0 atom stereocenters. The molecule has 0 saturated carbocycles. The van der Waals surface area contributed by atoms with Crippen molar-refractivity contribution < 1.29 is 9.26 Å². The molecule has 1 heterocycles. The smallest absolute Gasteiger partial charge is 0.245 e. The molecule has 1 aromatic heterocycles. The van der Waals surface area contributed by atoms with Gasteiger partial charge in [0, 0.05) is 11.4 Å². The molecule has 108 valence electrons. The molecule has 2 aromatic rings. The molecule has 0 radical (unpaired) electrons. The van der Waals surface area contributed by atoms with E-state index in [9.17, 15) is 0 Å². The van der Waals surface area contributed by atoms with Gasteiger partial charge in [-0.05, 0) is 24.1 Å². The monoisotopic (exact) mass is 295 g/mol. The molecule has 0 aliphatic rings. The maximum Gasteiger partial charge on any atom is 0.245 e. The minimum absolute atomic E-state index is 0.432. The Morgan fingerprint density at radius 3 is 2.90 bits per heavy atom. The molecule has 1 aromatic carbocycles. The van der Waals surface area contributed by atoms with Crippen molar-refractivity contribution in [3.63, 3.8) is 0 Å². The lowest BCUT2D eigenvalue weighted by Crippen LogP contribution is -2.02. The fourth-order valence-electron chi connectivity index (χ4n) is 1.80. The number of nitrogens with zero attached hydrogens (tertiary/aromatic N) is 2. The van der Waals surface area contributed by atoms with Crippen molar-refractivity contribution in [2.45, 2.75) is 26.8 Å². The van der Waals surface area contributed by atoms with Crippen LogP contribution in [0.25, 0.3) is 0 Å². The van der Waals surface area contributed by atoms with Gasteiger partial charge in [-0.3, -0.25) is 0 Å². The molecule has 5 nitrogen and oxygen atoms in total. The van der Waals surface area contributed by atoms with E-state index in [0.717, 1.165) is 23.7 Å². The Kier molecular flexibility index (Phi) is 4.84. The van der Waals surface area contributed by atoms with Gasteiger partial charge in [-0.1, -0.05) is 30.6 Å². The summed E-state index contributed by atoms with van der Waals surface area (Å²) in [4.78, 5) is 4.33. The van der Waals surface area contributed by atoms with Gasteiger partial charge >= 0.3 is 0 Å². The molecule has 0 amide bonds. The van der Waals surface area contributed by atoms with Crippen molar-refractivity contribution in [1.29, 1.82) is 0 Å². The minimum atomic E-state index is 0.432. The Labute approximate surface area is 123 Å². The molecular weight excluding hydrogens is 278 g/mol. The van der Waals surface area contributed by atoms with Crippen LogP contribution in [0.4, 0.5) is 5.69 Å². The van der Waals surface area contributed by atoms with Crippen LogP contribution >= 0.6 is 11.6 Å². The highest BCUT2D eigenvalue weighted by molar-refractivity contribution is 6.30. The number of ether oxygens (including phenoxy) is 1. The largest absolute Gasteiger partial charge is 0.495 e. The van der Waals surface area contributed by atoms with Gasteiger partial charge in [0.1, 0.15) is 5.75 Å². The van der Waals surface area contributed by atoms with Crippen LogP contribution in [0.15, 0.2) is 22.7 Å². The average Bonchev–Trinajstić information content (AvgIpc) is 2.83. The lowest BCUT2D eigenvalue weighted by molar-refractivity contribution is 0.375. The Bertz CT molecular complexity index is 569. The second-order valence-corrected chi connectivity index (χ2v) is 5.34. The lowest BCUT2D eigenvalue weighted by atomic mass is 10.1. The van der Waals surface area contributed by atoms with Crippen molar-refractivity contribution in [2.24, 2.45) is 5.92 Å². The Morgan fingerprint density at radius 1 is 1.40 bits per heavy atom. The first-order valence-electron chi connectivity index (χ1n) is 6.47. The highest BCUT2D eigenvalue weighted by Gasteiger charge is 2.09. The summed E-state index contributed by atoms with van der Waals surface area (Å²) in [7, 11) is 1.61. The number of hydrogen-bond donors (Lipinski definition) is 1. The molecule has 0 saturated heterocycles. The number of halogens is 1. The van der Waals surface area contributed by atoms with E-state index in [-0.39, 0.29) is 0 Å². The third-order valence-electron chi connectivity index (χ3n) is 2.69. The number of methoxy groups -OCH3 is 1. The number of nitrogens with one attached hydrogen (secondary N) is 1. The van der Waals surface area contributed by atoms with E-state index in [2.05, 4.69) is 29.3 Å². The summed E-state index contributed by atoms with van der Waals surface area (Å²) in [6, 6.07) is 5.38. The maximum atomic E-state index is 5.97. The first-order valence-corrected chi connectivity index (χ1v) is 6.85. The van der Waals surface area contributed by atoms with Crippen LogP contribution in [0.3, 0.4) is 0 Å². The fraction of sp³-hybridized carbons (Fsp3) is 0.429. The standard InChI is InChI=1S/C14H18ClN3O2/c1-9(2)6-13-17-14(20-18-13)8-16-11-7-10(15)4-5-12(11)19-3/h4-5,7,9,16H,6,8H2,1-3H3. The molecule has 0 spiro atoms. The summed E-state index contributed by atoms with van der Waals surface area (Å²) >= 11 is 5.97. The zero-order valence-electron chi connectivity index (χ0n) is 11.8. The third kappa shape index (κ3) is 3.87. The van der Waals surface area contributed by atoms with Gasteiger partial charge in [0.25, 0.3) is 0 Å². The SMILES string of the molecule is COc1ccc(Cl)cc1NCc1nc(CC(C)C)no1. The molecular formula is C14H18ClN3O2. The molecule has 0 aliphatic carbocycles. The van der Waals surface area contributed by atoms with Gasteiger partial charge in [-0.15, -0.1) is 0 Å². The summed E-state index contributed by atoms with van der Waals surface area (Å²) < 4.78 is 10.5. The molecule has 0 bridgehead atoms. The van der Waals surface area contributed by atoms with Gasteiger partial charge in [0.05, 0.1) is 19.3 Å². The number of hydrogen-bond acceptors (Lipinski definition) is 5. The molecule has 1 N–H and O–H groups in total. The second kappa shape index (κ2) is 6.61. The molecule has 0 aliphatic heterocycles. The number of anilines is 1. The molecule has 6 heteroatoms. The Balaban J connectivity index is 2.01. The van der Waals surface area contributed by atoms with Crippen LogP contribution in [-0.4, -0.2) is 17.3 Å². The second-order valence-electron chi connectivity index (χ2n) is 4.90. The van der Waals surface area contributed by atoms with E-state index < -0.39 is 0 Å². The van der Waals surface area contributed by atoms with Gasteiger partial charge in [-0.25, -0.2) is 0 Å². The summed E-state index contributed by atoms with van der Waals surface area (Å²) in [6.07, 6.45) is 0.810. The van der Waals surface area contributed by atoms with Crippen molar-refractivity contribution in [1.82, 2.24) is 10.1 Å². The van der Waals surface area contributed by atoms with E-state index in [0.29, 0.717) is 23.4 Å². The van der Waals surface area contributed by atoms with Crippen molar-refractivity contribution in [3.8, 4) is 5.75 Å². The Morgan fingerprint density at radius 2 is 2.20 bits per heavy atom. The quantitative estimate of drug-likeness (QED) is 0.883. The van der Waals surface area contributed by atoms with E-state index in [4.69, 9.17) is 20.9 Å². The predicted octanol–water partition coefficient (Wildman–Crippen LogP) is 3.54. The van der Waals surface area contributed by atoms with Gasteiger partial charge in [0.15, 0.2) is 5.82 Å². The van der Waals surface area contributed by atoms with Crippen LogP contribution in [0, 0.1) is 5.92 Å². The molecule has 0 unspecified atom stereocenters. The first kappa shape index (κ1) is 14.7. The van der Waals surface area contributed by atoms with Gasteiger partial charge in [0.2, 0.25) is 5.89 Å². The fourth-order valence-corrected chi connectivity index (χ4v) is 1.97. The predicted molar refractivity (Wildman–Crippen MR) is 78.2 cm³/mol. The summed E-state index contributed by atoms with van der Waals surface area (Å²) in [6.45, 7) is 4.66. The van der Waals surface area contributed by atoms with Crippen molar-refractivity contribution in [3.05, 3.63) is 34.9 Å². The summed E-state index contributed by atoms with van der Waals surface area (Å²) in [5, 5.41) is 7.77. The zero-order chi connectivity index (χ0) is 14.5. The summed E-state index contributed by atoms with van der Waals surface area (Å²) in [5.41, 5.74) is 0.795. The third-order valence-corrected chi connectivity index (χ3v) is 2.93. The topological polar surface area (TPSA) is 60.2 Å². The average molecular weight is 296 g/mol. The zero-order valence-corrected chi connectivity index (χ0v) is 12.6. The summed E-state index contributed by atoms with van der Waals surface area (Å²) in [5.74, 6) is 2.50.